The molecule has 0 aliphatic carbocycles. The van der Waals surface area contributed by atoms with E-state index in [4.69, 9.17) is 21.1 Å². The van der Waals surface area contributed by atoms with Gasteiger partial charge >= 0.3 is 5.97 Å². The van der Waals surface area contributed by atoms with Crippen LogP contribution in [-0.4, -0.2) is 18.0 Å². The van der Waals surface area contributed by atoms with Crippen molar-refractivity contribution in [1.29, 1.82) is 5.26 Å². The van der Waals surface area contributed by atoms with Crippen LogP contribution in [0.1, 0.15) is 35.3 Å². The van der Waals surface area contributed by atoms with E-state index in [-0.39, 0.29) is 17.2 Å². The fraction of sp³-hybridized carbons (Fsp3) is 0.160. The molecule has 33 heavy (non-hydrogen) atoms. The number of benzene rings is 2. The average Bonchev–Trinajstić information content (AvgIpc) is 3.24. The van der Waals surface area contributed by atoms with Crippen LogP contribution in [0.4, 0.5) is 5.00 Å². The Morgan fingerprint density at radius 1 is 1.18 bits per heavy atom. The van der Waals surface area contributed by atoms with E-state index in [9.17, 15) is 14.9 Å². The first kappa shape index (κ1) is 24.1. The molecule has 1 amide bonds. The minimum atomic E-state index is -0.611. The maximum absolute atomic E-state index is 12.6. The highest BCUT2D eigenvalue weighted by molar-refractivity contribution is 7.14. The number of carbonyl (C=O) groups excluding carboxylic acids is 2. The van der Waals surface area contributed by atoms with E-state index in [1.54, 1.807) is 55.6 Å². The SMILES string of the molecule is CC(C)OC(=O)c1ccsc1NC(=O)C(C#N)=Cc1ccc(OCc2cccc(Cl)c2)cc1. The molecule has 0 radical (unpaired) electrons. The highest BCUT2D eigenvalue weighted by atomic mass is 35.5. The highest BCUT2D eigenvalue weighted by Crippen LogP contribution is 2.25. The number of amides is 1. The van der Waals surface area contributed by atoms with Crippen molar-refractivity contribution in [1.82, 2.24) is 0 Å². The summed E-state index contributed by atoms with van der Waals surface area (Å²) in [7, 11) is 0. The van der Waals surface area contributed by atoms with Crippen LogP contribution in [0.15, 0.2) is 65.6 Å². The molecule has 3 rings (SSSR count). The van der Waals surface area contributed by atoms with Crippen molar-refractivity contribution >= 4 is 45.9 Å². The molecule has 6 nitrogen and oxygen atoms in total. The summed E-state index contributed by atoms with van der Waals surface area (Å²) in [5, 5.41) is 14.7. The molecule has 0 aliphatic heterocycles. The predicted octanol–water partition coefficient (Wildman–Crippen LogP) is 6.09. The first-order valence-electron chi connectivity index (χ1n) is 10.0. The van der Waals surface area contributed by atoms with E-state index < -0.39 is 11.9 Å². The van der Waals surface area contributed by atoms with Crippen molar-refractivity contribution in [2.75, 3.05) is 5.32 Å². The van der Waals surface area contributed by atoms with Crippen molar-refractivity contribution in [3.63, 3.8) is 0 Å². The molecule has 168 valence electrons. The Labute approximate surface area is 201 Å². The number of nitrogens with zero attached hydrogens (tertiary/aromatic N) is 1. The number of ether oxygens (including phenoxy) is 2. The Kier molecular flexibility index (Phi) is 8.25. The molecule has 1 heterocycles. The van der Waals surface area contributed by atoms with E-state index in [2.05, 4.69) is 5.32 Å². The Balaban J connectivity index is 1.65. The van der Waals surface area contributed by atoms with Gasteiger partial charge in [0.25, 0.3) is 5.91 Å². The fourth-order valence-corrected chi connectivity index (χ4v) is 3.77. The van der Waals surface area contributed by atoms with Crippen molar-refractivity contribution in [2.24, 2.45) is 0 Å². The van der Waals surface area contributed by atoms with Crippen LogP contribution in [0.5, 0.6) is 5.75 Å². The summed E-state index contributed by atoms with van der Waals surface area (Å²) < 4.78 is 10.9. The van der Waals surface area contributed by atoms with Gasteiger partial charge in [0.2, 0.25) is 0 Å². The minimum absolute atomic E-state index is 0.0980. The van der Waals surface area contributed by atoms with Crippen molar-refractivity contribution in [3.8, 4) is 11.8 Å². The Morgan fingerprint density at radius 2 is 1.94 bits per heavy atom. The van der Waals surface area contributed by atoms with Gasteiger partial charge in [0, 0.05) is 5.02 Å². The summed E-state index contributed by atoms with van der Waals surface area (Å²) in [6.07, 6.45) is 1.18. The number of carbonyl (C=O) groups is 2. The first-order valence-corrected chi connectivity index (χ1v) is 11.3. The molecule has 0 saturated carbocycles. The molecule has 0 unspecified atom stereocenters. The predicted molar refractivity (Wildman–Crippen MR) is 129 cm³/mol. The van der Waals surface area contributed by atoms with Crippen LogP contribution in [-0.2, 0) is 16.1 Å². The van der Waals surface area contributed by atoms with Gasteiger partial charge in [0.1, 0.15) is 29.0 Å². The van der Waals surface area contributed by atoms with E-state index >= 15 is 0 Å². The van der Waals surface area contributed by atoms with Gasteiger partial charge in [-0.15, -0.1) is 11.3 Å². The molecule has 0 fully saturated rings. The number of esters is 1. The topological polar surface area (TPSA) is 88.4 Å². The Morgan fingerprint density at radius 3 is 2.61 bits per heavy atom. The number of rotatable bonds is 8. The normalized spacial score (nSPS) is 11.1. The zero-order valence-corrected chi connectivity index (χ0v) is 19.6. The molecule has 1 N–H and O–H groups in total. The lowest BCUT2D eigenvalue weighted by Gasteiger charge is -2.09. The third-order valence-electron chi connectivity index (χ3n) is 4.31. The van der Waals surface area contributed by atoms with Crippen molar-refractivity contribution < 1.29 is 19.1 Å². The summed E-state index contributed by atoms with van der Waals surface area (Å²) in [6, 6.07) is 17.9. The second-order valence-corrected chi connectivity index (χ2v) is 8.58. The molecule has 0 saturated heterocycles. The summed E-state index contributed by atoms with van der Waals surface area (Å²) in [5.41, 5.74) is 1.75. The van der Waals surface area contributed by atoms with Crippen LogP contribution in [0, 0.1) is 11.3 Å². The zero-order chi connectivity index (χ0) is 23.8. The molecular weight excluding hydrogens is 460 g/mol. The van der Waals surface area contributed by atoms with Crippen molar-refractivity contribution in [2.45, 2.75) is 26.6 Å². The quantitative estimate of drug-likeness (QED) is 0.239. The molecule has 3 aromatic rings. The summed E-state index contributed by atoms with van der Waals surface area (Å²) in [4.78, 5) is 24.8. The lowest BCUT2D eigenvalue weighted by Crippen LogP contribution is -2.17. The van der Waals surface area contributed by atoms with Crippen molar-refractivity contribution in [3.05, 3.63) is 87.3 Å². The van der Waals surface area contributed by atoms with E-state index in [0.29, 0.717) is 27.9 Å². The third-order valence-corrected chi connectivity index (χ3v) is 5.37. The number of halogens is 1. The highest BCUT2D eigenvalue weighted by Gasteiger charge is 2.19. The van der Waals surface area contributed by atoms with Gasteiger partial charge in [-0.3, -0.25) is 4.79 Å². The van der Waals surface area contributed by atoms with Crippen LogP contribution in [0.25, 0.3) is 6.08 Å². The minimum Gasteiger partial charge on any atom is -0.489 e. The second-order valence-electron chi connectivity index (χ2n) is 7.23. The Bertz CT molecular complexity index is 1210. The smallest absolute Gasteiger partial charge is 0.341 e. The number of anilines is 1. The first-order chi connectivity index (χ1) is 15.9. The van der Waals surface area contributed by atoms with Gasteiger partial charge in [-0.1, -0.05) is 35.9 Å². The van der Waals surface area contributed by atoms with E-state index in [1.807, 2.05) is 24.3 Å². The van der Waals surface area contributed by atoms with Gasteiger partial charge in [0.15, 0.2) is 0 Å². The number of nitriles is 1. The molecule has 0 bridgehead atoms. The summed E-state index contributed by atoms with van der Waals surface area (Å²) >= 11 is 7.16. The molecule has 0 spiro atoms. The van der Waals surface area contributed by atoms with Gasteiger partial charge in [0.05, 0.1) is 11.7 Å². The molecule has 8 heteroatoms. The number of hydrogen-bond acceptors (Lipinski definition) is 6. The molecule has 1 aromatic heterocycles. The van der Waals surface area contributed by atoms with Crippen LogP contribution in [0.3, 0.4) is 0 Å². The van der Waals surface area contributed by atoms with Crippen LogP contribution in [0.2, 0.25) is 5.02 Å². The maximum atomic E-state index is 12.6. The number of thiophene rings is 1. The van der Waals surface area contributed by atoms with Gasteiger partial charge in [-0.05, 0) is 66.8 Å². The average molecular weight is 481 g/mol. The van der Waals surface area contributed by atoms with Crippen LogP contribution < -0.4 is 10.1 Å². The standard InChI is InChI=1S/C25H21ClN2O4S/c1-16(2)32-25(30)22-10-11-33-24(22)28-23(29)19(14-27)12-17-6-8-21(9-7-17)31-15-18-4-3-5-20(26)13-18/h3-13,16H,15H2,1-2H3,(H,28,29). The Hall–Kier alpha value is -3.60. The molecule has 2 aromatic carbocycles. The largest absolute Gasteiger partial charge is 0.489 e. The fourth-order valence-electron chi connectivity index (χ4n) is 2.78. The molecular formula is C25H21ClN2O4S. The van der Waals surface area contributed by atoms with Gasteiger partial charge < -0.3 is 14.8 Å². The monoisotopic (exact) mass is 480 g/mol. The summed E-state index contributed by atoms with van der Waals surface area (Å²) in [5.74, 6) is -0.501. The van der Waals surface area contributed by atoms with Crippen LogP contribution >= 0.6 is 22.9 Å². The van der Waals surface area contributed by atoms with Gasteiger partial charge in [-0.25, -0.2) is 4.79 Å². The second kappa shape index (κ2) is 11.3. The summed E-state index contributed by atoms with van der Waals surface area (Å²) in [6.45, 7) is 3.85. The zero-order valence-electron chi connectivity index (χ0n) is 18.0. The lowest BCUT2D eigenvalue weighted by atomic mass is 10.1. The number of nitrogens with one attached hydrogen (secondary N) is 1. The maximum Gasteiger partial charge on any atom is 0.341 e. The van der Waals surface area contributed by atoms with E-state index in [0.717, 1.165) is 5.56 Å². The lowest BCUT2D eigenvalue weighted by molar-refractivity contribution is -0.112. The van der Waals surface area contributed by atoms with Gasteiger partial charge in [-0.2, -0.15) is 5.26 Å². The molecule has 0 atom stereocenters. The molecule has 0 aliphatic rings. The van der Waals surface area contributed by atoms with E-state index in [1.165, 1.54) is 17.4 Å². The number of hydrogen-bond donors (Lipinski definition) is 1. The third kappa shape index (κ3) is 6.94.